The van der Waals surface area contributed by atoms with E-state index in [1.54, 1.807) is 0 Å². The van der Waals surface area contributed by atoms with Crippen LogP contribution in [-0.4, -0.2) is 96.7 Å². The number of aliphatic hydroxyl groups excluding tert-OH is 1. The molecule has 0 aliphatic rings. The molecule has 0 spiro atoms. The van der Waals surface area contributed by atoms with Gasteiger partial charge in [-0.1, -0.05) is 319 Å². The van der Waals surface area contributed by atoms with Crippen molar-refractivity contribution in [3.63, 3.8) is 0 Å². The Morgan fingerprint density at radius 3 is 0.840 bits per heavy atom. The molecule has 0 amide bonds. The maximum atomic E-state index is 13.1. The molecule has 5 unspecified atom stereocenters. The highest BCUT2D eigenvalue weighted by molar-refractivity contribution is 7.47. The third-order valence-corrected chi connectivity index (χ3v) is 19.1. The zero-order valence-electron chi connectivity index (χ0n) is 63.6. The van der Waals surface area contributed by atoms with Crippen molar-refractivity contribution in [2.75, 3.05) is 39.6 Å². The lowest BCUT2D eigenvalue weighted by Crippen LogP contribution is -2.30. The Hall–Kier alpha value is -3.50. The van der Waals surface area contributed by atoms with Crippen LogP contribution >= 0.6 is 15.6 Å². The van der Waals surface area contributed by atoms with E-state index in [1.165, 1.54) is 122 Å². The molecule has 0 aromatic heterocycles. The van der Waals surface area contributed by atoms with E-state index in [-0.39, 0.29) is 25.7 Å². The number of ether oxygens (including phenoxy) is 4. The molecule has 0 aromatic carbocycles. The molecule has 0 saturated heterocycles. The molecule has 0 saturated carbocycles. The molecule has 0 aliphatic carbocycles. The highest BCUT2D eigenvalue weighted by Crippen LogP contribution is 2.45. The first-order chi connectivity index (χ1) is 48.7. The second-order valence-electron chi connectivity index (χ2n) is 27.0. The number of phosphoric ester groups is 2. The van der Waals surface area contributed by atoms with E-state index in [0.717, 1.165) is 161 Å². The van der Waals surface area contributed by atoms with E-state index in [1.807, 2.05) is 0 Å². The summed E-state index contributed by atoms with van der Waals surface area (Å²) in [6.07, 6.45) is 74.5. The van der Waals surface area contributed by atoms with Crippen LogP contribution in [0.4, 0.5) is 0 Å². The lowest BCUT2D eigenvalue weighted by atomic mass is 10.0. The van der Waals surface area contributed by atoms with Gasteiger partial charge in [-0.25, -0.2) is 9.13 Å². The van der Waals surface area contributed by atoms with Gasteiger partial charge in [-0.2, -0.15) is 0 Å². The van der Waals surface area contributed by atoms with E-state index < -0.39 is 97.5 Å². The van der Waals surface area contributed by atoms with Crippen LogP contribution in [0.15, 0.2) is 72.9 Å². The van der Waals surface area contributed by atoms with Crippen molar-refractivity contribution < 1.29 is 80.2 Å². The maximum absolute atomic E-state index is 13.1. The summed E-state index contributed by atoms with van der Waals surface area (Å²) in [4.78, 5) is 73.0. The summed E-state index contributed by atoms with van der Waals surface area (Å²) in [6, 6.07) is 0. The molecule has 0 aromatic rings. The molecule has 19 heteroatoms. The molecule has 0 rings (SSSR count). The Morgan fingerprint density at radius 2 is 0.540 bits per heavy atom. The van der Waals surface area contributed by atoms with Crippen LogP contribution in [0.25, 0.3) is 0 Å². The molecule has 3 N–H and O–H groups in total. The Balaban J connectivity index is 5.31. The van der Waals surface area contributed by atoms with Gasteiger partial charge in [0.05, 0.1) is 26.4 Å². The summed E-state index contributed by atoms with van der Waals surface area (Å²) < 4.78 is 68.6. The SMILES string of the molecule is CC/C=C\C/C=C\C/C=C\C/C=C\CCCCCCCCC(=O)OCC(COP(=O)(O)OCC(O)COP(=O)(O)OCC(COC(=O)CCCCCCCCCCCCCCCCC)OC(=O)CCCCCCCCCCCCCCC)OC(=O)CCCCCCC/C=C\C/C=C\CCC. The Bertz CT molecular complexity index is 2180. The number of hydrogen-bond donors (Lipinski definition) is 3. The minimum atomic E-state index is -4.98. The average Bonchev–Trinajstić information content (AvgIpc) is 0.935. The van der Waals surface area contributed by atoms with Crippen molar-refractivity contribution in [3.8, 4) is 0 Å². The van der Waals surface area contributed by atoms with Crippen LogP contribution < -0.4 is 0 Å². The van der Waals surface area contributed by atoms with Gasteiger partial charge in [-0.3, -0.25) is 37.3 Å². The Morgan fingerprint density at radius 1 is 0.290 bits per heavy atom. The summed E-state index contributed by atoms with van der Waals surface area (Å²) in [6.45, 7) is 4.74. The van der Waals surface area contributed by atoms with Crippen LogP contribution in [0.2, 0.25) is 0 Å². The number of unbranched alkanes of at least 4 members (excludes halogenated alkanes) is 38. The van der Waals surface area contributed by atoms with Gasteiger partial charge >= 0.3 is 39.5 Å². The molecule has 17 nitrogen and oxygen atoms in total. The fourth-order valence-corrected chi connectivity index (χ4v) is 12.7. The van der Waals surface area contributed by atoms with Crippen molar-refractivity contribution in [3.05, 3.63) is 72.9 Å². The van der Waals surface area contributed by atoms with Crippen LogP contribution in [-0.2, 0) is 65.4 Å². The van der Waals surface area contributed by atoms with Crippen molar-refractivity contribution in [1.82, 2.24) is 0 Å². The Labute approximate surface area is 609 Å². The molecule has 0 radical (unpaired) electrons. The Kier molecular flexibility index (Phi) is 71.2. The zero-order valence-corrected chi connectivity index (χ0v) is 65.4. The number of carbonyl (C=O) groups excluding carboxylic acids is 4. The summed E-state index contributed by atoms with van der Waals surface area (Å²) in [5.74, 6) is -2.17. The number of aliphatic hydroxyl groups is 1. The summed E-state index contributed by atoms with van der Waals surface area (Å²) in [5, 5.41) is 10.6. The normalized spacial score (nSPS) is 14.3. The van der Waals surface area contributed by atoms with Gasteiger partial charge in [-0.05, 0) is 89.9 Å². The first-order valence-corrected chi connectivity index (χ1v) is 43.2. The second kappa shape index (κ2) is 73.8. The number of allylic oxidation sites excluding steroid dienone is 12. The van der Waals surface area contributed by atoms with Gasteiger partial charge in [0.15, 0.2) is 12.2 Å². The monoisotopic (exact) mass is 1450 g/mol. The first-order valence-electron chi connectivity index (χ1n) is 40.2. The van der Waals surface area contributed by atoms with Crippen LogP contribution in [0.1, 0.15) is 362 Å². The van der Waals surface area contributed by atoms with Gasteiger partial charge in [-0.15, -0.1) is 0 Å². The minimum absolute atomic E-state index is 0.0776. The van der Waals surface area contributed by atoms with E-state index in [4.69, 9.17) is 37.0 Å². The van der Waals surface area contributed by atoms with Crippen LogP contribution in [0, 0.1) is 0 Å². The largest absolute Gasteiger partial charge is 0.472 e. The van der Waals surface area contributed by atoms with E-state index in [9.17, 15) is 43.2 Å². The first kappa shape index (κ1) is 96.5. The molecule has 5 atom stereocenters. The number of hydrogen-bond acceptors (Lipinski definition) is 15. The summed E-state index contributed by atoms with van der Waals surface area (Å²) >= 11 is 0. The van der Waals surface area contributed by atoms with Gasteiger partial charge in [0.25, 0.3) is 0 Å². The average molecular weight is 1450 g/mol. The number of esters is 4. The topological polar surface area (TPSA) is 237 Å². The third kappa shape index (κ3) is 72.8. The quantitative estimate of drug-likeness (QED) is 0.0169. The van der Waals surface area contributed by atoms with Crippen molar-refractivity contribution in [1.29, 1.82) is 0 Å². The summed E-state index contributed by atoms with van der Waals surface area (Å²) in [7, 11) is -9.94. The third-order valence-electron chi connectivity index (χ3n) is 17.2. The predicted octanol–water partition coefficient (Wildman–Crippen LogP) is 23.2. The predicted molar refractivity (Wildman–Crippen MR) is 409 cm³/mol. The zero-order chi connectivity index (χ0) is 73.2. The van der Waals surface area contributed by atoms with Gasteiger partial charge in [0.1, 0.15) is 19.3 Å². The molecule has 582 valence electrons. The number of phosphoric acid groups is 2. The fourth-order valence-electron chi connectivity index (χ4n) is 11.1. The molecule has 0 aliphatic heterocycles. The fraction of sp³-hybridized carbons (Fsp3) is 0.802. The van der Waals surface area contributed by atoms with E-state index in [0.29, 0.717) is 25.7 Å². The van der Waals surface area contributed by atoms with Crippen molar-refractivity contribution in [2.24, 2.45) is 0 Å². The smallest absolute Gasteiger partial charge is 0.462 e. The van der Waals surface area contributed by atoms with Gasteiger partial charge in [0.2, 0.25) is 0 Å². The minimum Gasteiger partial charge on any atom is -0.462 e. The molecule has 0 bridgehead atoms. The number of carbonyl (C=O) groups is 4. The lowest BCUT2D eigenvalue weighted by Gasteiger charge is -2.21. The molecular formula is C81H146O17P2. The molecule has 100 heavy (non-hydrogen) atoms. The van der Waals surface area contributed by atoms with E-state index in [2.05, 4.69) is 101 Å². The van der Waals surface area contributed by atoms with E-state index >= 15 is 0 Å². The second-order valence-corrected chi connectivity index (χ2v) is 29.9. The highest BCUT2D eigenvalue weighted by atomic mass is 31.2. The van der Waals surface area contributed by atoms with Gasteiger partial charge < -0.3 is 33.8 Å². The molecular weight excluding hydrogens is 1310 g/mol. The van der Waals surface area contributed by atoms with Crippen LogP contribution in [0.3, 0.4) is 0 Å². The van der Waals surface area contributed by atoms with Crippen molar-refractivity contribution >= 4 is 39.5 Å². The van der Waals surface area contributed by atoms with Crippen LogP contribution in [0.5, 0.6) is 0 Å². The number of rotatable bonds is 76. The lowest BCUT2D eigenvalue weighted by molar-refractivity contribution is -0.161. The highest BCUT2D eigenvalue weighted by Gasteiger charge is 2.30. The van der Waals surface area contributed by atoms with Gasteiger partial charge in [0, 0.05) is 25.7 Å². The molecule has 0 fully saturated rings. The summed E-state index contributed by atoms with van der Waals surface area (Å²) in [5.41, 5.74) is 0. The van der Waals surface area contributed by atoms with Crippen molar-refractivity contribution in [2.45, 2.75) is 380 Å². The molecule has 0 heterocycles. The maximum Gasteiger partial charge on any atom is 0.472 e. The standard InChI is InChI=1S/C81H146O17P2/c1-5-9-13-17-21-25-29-33-35-36-37-38-40-44-46-50-54-58-62-66-79(84)92-72-77(98-81(86)68-64-60-56-52-48-42-32-28-24-20-16-12-8-4)74-96-100(89,90)94-70-75(82)69-93-99(87,88)95-73-76(97-80(85)67-63-59-55-51-47-41-31-27-23-19-15-11-7-3)71-91-78(83)65-61-57-53-49-45-43-39-34-30-26-22-18-14-10-6-2/h9,13,16,20-21,25,28,32-33,35,37-38,75-77,82H,5-8,10-12,14-15,17-19,22-24,26-27,29-31,34,36,39-74H2,1-4H3,(H,87,88)(H,89,90)/b13-9-,20-16-,25-21-,32-28-,35-33-,38-37-.